The standard InChI is InChI=1S/C8H15N3O/c9-10-7(12)11-5-4-8(6-11)2-1-3-8/h1-6,9H2,(H,10,12). The van der Waals surface area contributed by atoms with Gasteiger partial charge >= 0.3 is 6.03 Å². The lowest BCUT2D eigenvalue weighted by atomic mass is 9.68. The third-order valence-corrected chi connectivity index (χ3v) is 3.26. The lowest BCUT2D eigenvalue weighted by Crippen LogP contribution is -2.44. The maximum absolute atomic E-state index is 11.1. The molecule has 2 fully saturated rings. The van der Waals surface area contributed by atoms with Gasteiger partial charge in [-0.3, -0.25) is 5.43 Å². The highest BCUT2D eigenvalue weighted by Crippen LogP contribution is 2.47. The number of hydrogen-bond donors (Lipinski definition) is 2. The van der Waals surface area contributed by atoms with Crippen LogP contribution in [0.1, 0.15) is 25.7 Å². The van der Waals surface area contributed by atoms with Gasteiger partial charge in [-0.25, -0.2) is 10.6 Å². The van der Waals surface area contributed by atoms with Gasteiger partial charge < -0.3 is 4.90 Å². The Kier molecular flexibility index (Phi) is 1.72. The molecule has 0 unspecified atom stereocenters. The molecule has 2 aliphatic rings. The second-order valence-electron chi connectivity index (χ2n) is 3.97. The lowest BCUT2D eigenvalue weighted by Gasteiger charge is -2.37. The monoisotopic (exact) mass is 169 g/mol. The van der Waals surface area contributed by atoms with Crippen LogP contribution in [0.2, 0.25) is 0 Å². The van der Waals surface area contributed by atoms with Gasteiger partial charge in [0.25, 0.3) is 0 Å². The van der Waals surface area contributed by atoms with Crippen LogP contribution in [-0.4, -0.2) is 24.0 Å². The zero-order valence-electron chi connectivity index (χ0n) is 7.18. The predicted octanol–water partition coefficient (Wildman–Crippen LogP) is 0.446. The van der Waals surface area contributed by atoms with Crippen LogP contribution in [0.4, 0.5) is 4.79 Å². The molecule has 4 heteroatoms. The highest BCUT2D eigenvalue weighted by Gasteiger charge is 2.43. The summed E-state index contributed by atoms with van der Waals surface area (Å²) in [6, 6.07) is -0.126. The molecule has 0 aromatic rings. The summed E-state index contributed by atoms with van der Waals surface area (Å²) in [4.78, 5) is 13.0. The highest BCUT2D eigenvalue weighted by atomic mass is 16.2. The van der Waals surface area contributed by atoms with Crippen LogP contribution in [0, 0.1) is 5.41 Å². The van der Waals surface area contributed by atoms with Crippen molar-refractivity contribution < 1.29 is 4.79 Å². The van der Waals surface area contributed by atoms with Gasteiger partial charge in [0.1, 0.15) is 0 Å². The fourth-order valence-electron chi connectivity index (χ4n) is 2.28. The fourth-order valence-corrected chi connectivity index (χ4v) is 2.28. The third kappa shape index (κ3) is 1.06. The van der Waals surface area contributed by atoms with Crippen molar-refractivity contribution in [2.45, 2.75) is 25.7 Å². The second-order valence-corrected chi connectivity index (χ2v) is 3.97. The minimum Gasteiger partial charge on any atom is -0.323 e. The molecule has 1 spiro atoms. The number of likely N-dealkylation sites (tertiary alicyclic amines) is 1. The van der Waals surface area contributed by atoms with Gasteiger partial charge in [0.15, 0.2) is 0 Å². The molecule has 68 valence electrons. The van der Waals surface area contributed by atoms with Crippen LogP contribution < -0.4 is 11.3 Å². The number of nitrogens with one attached hydrogen (secondary N) is 1. The van der Waals surface area contributed by atoms with Crippen LogP contribution in [0.3, 0.4) is 0 Å². The summed E-state index contributed by atoms with van der Waals surface area (Å²) in [5.74, 6) is 5.06. The molecule has 1 heterocycles. The first-order valence-corrected chi connectivity index (χ1v) is 4.51. The predicted molar refractivity (Wildman–Crippen MR) is 45.2 cm³/mol. The number of hydrogen-bond acceptors (Lipinski definition) is 2. The number of rotatable bonds is 0. The van der Waals surface area contributed by atoms with Crippen molar-refractivity contribution >= 4 is 6.03 Å². The summed E-state index contributed by atoms with van der Waals surface area (Å²) in [6.45, 7) is 1.79. The Morgan fingerprint density at radius 3 is 2.58 bits per heavy atom. The number of nitrogens with two attached hydrogens (primary N) is 1. The summed E-state index contributed by atoms with van der Waals surface area (Å²) in [7, 11) is 0. The van der Waals surface area contributed by atoms with Gasteiger partial charge in [-0.2, -0.15) is 0 Å². The van der Waals surface area contributed by atoms with Crippen LogP contribution in [0.5, 0.6) is 0 Å². The molecule has 0 atom stereocenters. The Labute approximate surface area is 72.1 Å². The minimum absolute atomic E-state index is 0.126. The van der Waals surface area contributed by atoms with Crippen molar-refractivity contribution in [3.63, 3.8) is 0 Å². The number of hydrazine groups is 1. The van der Waals surface area contributed by atoms with E-state index in [2.05, 4.69) is 5.43 Å². The Balaban J connectivity index is 1.93. The first-order valence-electron chi connectivity index (χ1n) is 4.51. The Morgan fingerprint density at radius 2 is 2.17 bits per heavy atom. The van der Waals surface area contributed by atoms with E-state index in [0.29, 0.717) is 5.41 Å². The maximum Gasteiger partial charge on any atom is 0.331 e. The van der Waals surface area contributed by atoms with Gasteiger partial charge in [-0.1, -0.05) is 6.42 Å². The number of urea groups is 1. The van der Waals surface area contributed by atoms with E-state index in [1.807, 2.05) is 4.90 Å². The van der Waals surface area contributed by atoms with E-state index in [4.69, 9.17) is 5.84 Å². The normalized spacial score (nSPS) is 25.6. The van der Waals surface area contributed by atoms with Crippen molar-refractivity contribution in [3.05, 3.63) is 0 Å². The second kappa shape index (κ2) is 2.62. The lowest BCUT2D eigenvalue weighted by molar-refractivity contribution is 0.141. The van der Waals surface area contributed by atoms with Crippen molar-refractivity contribution in [1.82, 2.24) is 10.3 Å². The van der Waals surface area contributed by atoms with Gasteiger partial charge in [0.2, 0.25) is 0 Å². The van der Waals surface area contributed by atoms with E-state index in [1.54, 1.807) is 0 Å². The minimum atomic E-state index is -0.126. The molecular formula is C8H15N3O. The zero-order chi connectivity index (χ0) is 8.60. The molecule has 12 heavy (non-hydrogen) atoms. The fraction of sp³-hybridized carbons (Fsp3) is 0.875. The summed E-state index contributed by atoms with van der Waals surface area (Å²) >= 11 is 0. The molecule has 0 bridgehead atoms. The molecule has 1 saturated carbocycles. The molecule has 2 amide bonds. The molecule has 0 radical (unpaired) electrons. The number of nitrogens with zero attached hydrogens (tertiary/aromatic N) is 1. The van der Waals surface area contributed by atoms with Crippen molar-refractivity contribution in [1.29, 1.82) is 0 Å². The van der Waals surface area contributed by atoms with Crippen molar-refractivity contribution in [2.24, 2.45) is 11.3 Å². The molecule has 3 N–H and O–H groups in total. The van der Waals surface area contributed by atoms with Crippen LogP contribution in [0.15, 0.2) is 0 Å². The van der Waals surface area contributed by atoms with E-state index in [1.165, 1.54) is 25.7 Å². The van der Waals surface area contributed by atoms with E-state index in [0.717, 1.165) is 13.1 Å². The smallest absolute Gasteiger partial charge is 0.323 e. The molecule has 2 rings (SSSR count). The molecule has 0 aromatic heterocycles. The Hall–Kier alpha value is -0.770. The molecule has 0 aromatic carbocycles. The largest absolute Gasteiger partial charge is 0.331 e. The van der Waals surface area contributed by atoms with Gasteiger partial charge in [0.05, 0.1) is 0 Å². The third-order valence-electron chi connectivity index (χ3n) is 3.26. The van der Waals surface area contributed by atoms with E-state index in [-0.39, 0.29) is 6.03 Å². The number of amides is 2. The van der Waals surface area contributed by atoms with Crippen molar-refractivity contribution in [2.75, 3.05) is 13.1 Å². The molecule has 1 saturated heterocycles. The van der Waals surface area contributed by atoms with Gasteiger partial charge in [-0.05, 0) is 24.7 Å². The average Bonchev–Trinajstić information content (AvgIpc) is 2.46. The SMILES string of the molecule is NNC(=O)N1CCC2(CCC2)C1. The van der Waals surface area contributed by atoms with Gasteiger partial charge in [-0.15, -0.1) is 0 Å². The first-order chi connectivity index (χ1) is 5.76. The molecular weight excluding hydrogens is 154 g/mol. The molecule has 1 aliphatic carbocycles. The molecule has 1 aliphatic heterocycles. The zero-order valence-corrected chi connectivity index (χ0v) is 7.18. The maximum atomic E-state index is 11.1. The van der Waals surface area contributed by atoms with Crippen molar-refractivity contribution in [3.8, 4) is 0 Å². The van der Waals surface area contributed by atoms with E-state index in [9.17, 15) is 4.79 Å². The van der Waals surface area contributed by atoms with Crippen LogP contribution >= 0.6 is 0 Å². The summed E-state index contributed by atoms with van der Waals surface area (Å²) in [5.41, 5.74) is 2.66. The van der Waals surface area contributed by atoms with E-state index < -0.39 is 0 Å². The highest BCUT2D eigenvalue weighted by molar-refractivity contribution is 5.73. The summed E-state index contributed by atoms with van der Waals surface area (Å²) in [6.07, 6.45) is 5.08. The summed E-state index contributed by atoms with van der Waals surface area (Å²) < 4.78 is 0. The summed E-state index contributed by atoms with van der Waals surface area (Å²) in [5, 5.41) is 0. The Morgan fingerprint density at radius 1 is 1.42 bits per heavy atom. The number of carbonyl (C=O) groups excluding carboxylic acids is 1. The number of carbonyl (C=O) groups is 1. The first kappa shape index (κ1) is 7.86. The quantitative estimate of drug-likeness (QED) is 0.314. The molecule has 4 nitrogen and oxygen atoms in total. The average molecular weight is 169 g/mol. The van der Waals surface area contributed by atoms with Crippen LogP contribution in [0.25, 0.3) is 0 Å². The topological polar surface area (TPSA) is 58.4 Å². The Bertz CT molecular complexity index is 200. The van der Waals surface area contributed by atoms with Crippen LogP contribution in [-0.2, 0) is 0 Å². The van der Waals surface area contributed by atoms with Gasteiger partial charge in [0, 0.05) is 13.1 Å². The van der Waals surface area contributed by atoms with E-state index >= 15 is 0 Å².